The molecule has 0 atom stereocenters. The van der Waals surface area contributed by atoms with Crippen LogP contribution in [-0.4, -0.2) is 109 Å². The molecule has 2 N–H and O–H groups in total. The monoisotopic (exact) mass is 468 g/mol. The number of hydrogen-bond donors (Lipinski definition) is 2. The minimum Gasteiger partial charge on any atom is -0.496 e. The van der Waals surface area contributed by atoms with Crippen molar-refractivity contribution in [2.75, 3.05) is 85.8 Å². The summed E-state index contributed by atoms with van der Waals surface area (Å²) in [6.07, 6.45) is 2.68. The summed E-state index contributed by atoms with van der Waals surface area (Å²) in [6.45, 7) is 9.54. The number of methoxy groups -OCH3 is 1. The molecule has 0 saturated carbocycles. The predicted octanol–water partition coefficient (Wildman–Crippen LogP) is -2.26. The van der Waals surface area contributed by atoms with Gasteiger partial charge in [-0.15, -0.1) is 0 Å². The summed E-state index contributed by atoms with van der Waals surface area (Å²) in [5.41, 5.74) is 0.312. The molecule has 0 aliphatic carbocycles. The Morgan fingerprint density at radius 3 is 2.25 bits per heavy atom. The van der Waals surface area contributed by atoms with Gasteiger partial charge in [0, 0.05) is 25.9 Å². The molecule has 0 bridgehead atoms. The third-order valence-electron chi connectivity index (χ3n) is 6.91. The van der Waals surface area contributed by atoms with Crippen LogP contribution in [0, 0.1) is 0 Å². The van der Waals surface area contributed by atoms with Gasteiger partial charge in [-0.1, -0.05) is 0 Å². The molecule has 3 fully saturated rings. The van der Waals surface area contributed by atoms with E-state index in [1.165, 1.54) is 56.0 Å². The Hall–Kier alpha value is -1.72. The first kappa shape index (κ1) is 23.4. The minimum absolute atomic E-state index is 0.126. The second kappa shape index (κ2) is 10.5. The molecule has 1 amide bonds. The van der Waals surface area contributed by atoms with Gasteiger partial charge in [0.1, 0.15) is 18.8 Å². The average Bonchev–Trinajstić information content (AvgIpc) is 3.36. The van der Waals surface area contributed by atoms with E-state index in [-0.39, 0.29) is 10.8 Å². The van der Waals surface area contributed by atoms with Gasteiger partial charge in [0.05, 0.1) is 70.1 Å². The third-order valence-corrected chi connectivity index (χ3v) is 8.80. The van der Waals surface area contributed by atoms with Crippen LogP contribution < -0.4 is 14.5 Å². The van der Waals surface area contributed by atoms with E-state index in [9.17, 15) is 13.2 Å². The molecule has 1 aromatic carbocycles. The van der Waals surface area contributed by atoms with Gasteiger partial charge in [0.15, 0.2) is 0 Å². The first-order valence-electron chi connectivity index (χ1n) is 11.7. The average molecular weight is 469 g/mol. The lowest BCUT2D eigenvalue weighted by Crippen LogP contribution is -3.21. The highest BCUT2D eigenvalue weighted by Gasteiger charge is 2.31. The van der Waals surface area contributed by atoms with Crippen molar-refractivity contribution in [2.45, 2.75) is 17.7 Å². The number of benzene rings is 1. The maximum absolute atomic E-state index is 13.3. The number of morpholine rings is 1. The number of piperazine rings is 1. The molecule has 0 radical (unpaired) electrons. The number of ether oxygens (including phenoxy) is 2. The zero-order valence-electron chi connectivity index (χ0n) is 19.0. The Labute approximate surface area is 190 Å². The molecule has 0 aromatic heterocycles. The normalized spacial score (nSPS) is 21.7. The SMILES string of the molecule is COc1ccc(S(=O)(=O)N2CCOCC2)cc1C(=O)N1CC[NH+](CC[NH+]2CCCC2)CC1. The van der Waals surface area contributed by atoms with Gasteiger partial charge in [0.2, 0.25) is 10.0 Å². The molecule has 0 unspecified atom stereocenters. The summed E-state index contributed by atoms with van der Waals surface area (Å²) in [5.74, 6) is 0.244. The van der Waals surface area contributed by atoms with Gasteiger partial charge in [-0.3, -0.25) is 4.79 Å². The lowest BCUT2D eigenvalue weighted by atomic mass is 10.1. The molecular weight excluding hydrogens is 432 g/mol. The summed E-state index contributed by atoms with van der Waals surface area (Å²) in [7, 11) is -2.17. The van der Waals surface area contributed by atoms with E-state index in [4.69, 9.17) is 9.47 Å². The highest BCUT2D eigenvalue weighted by Crippen LogP contribution is 2.26. The Morgan fingerprint density at radius 2 is 1.62 bits per heavy atom. The molecule has 9 nitrogen and oxygen atoms in total. The maximum atomic E-state index is 13.3. The van der Waals surface area contributed by atoms with E-state index in [0.29, 0.717) is 50.7 Å². The number of carbonyl (C=O) groups excluding carboxylic acids is 1. The molecule has 3 aliphatic heterocycles. The third kappa shape index (κ3) is 5.26. The number of rotatable bonds is 7. The van der Waals surface area contributed by atoms with Crippen molar-refractivity contribution in [3.63, 3.8) is 0 Å². The molecule has 4 rings (SSSR count). The van der Waals surface area contributed by atoms with Crippen molar-refractivity contribution >= 4 is 15.9 Å². The number of hydrogen-bond acceptors (Lipinski definition) is 5. The molecule has 10 heteroatoms. The summed E-state index contributed by atoms with van der Waals surface area (Å²) in [6, 6.07) is 4.58. The Bertz CT molecular complexity index is 890. The topological polar surface area (TPSA) is 85.0 Å². The van der Waals surface area contributed by atoms with E-state index < -0.39 is 10.0 Å². The van der Waals surface area contributed by atoms with Crippen LogP contribution in [0.3, 0.4) is 0 Å². The fourth-order valence-corrected chi connectivity index (χ4v) is 6.31. The van der Waals surface area contributed by atoms with E-state index in [1.54, 1.807) is 15.9 Å². The van der Waals surface area contributed by atoms with Crippen molar-refractivity contribution in [1.29, 1.82) is 0 Å². The Balaban J connectivity index is 1.42. The van der Waals surface area contributed by atoms with Crippen LogP contribution in [0.5, 0.6) is 5.75 Å². The number of quaternary nitrogens is 2. The molecule has 3 saturated heterocycles. The van der Waals surface area contributed by atoms with Gasteiger partial charge < -0.3 is 24.2 Å². The number of amides is 1. The largest absolute Gasteiger partial charge is 0.496 e. The molecule has 178 valence electrons. The van der Waals surface area contributed by atoms with Crippen LogP contribution in [0.15, 0.2) is 23.1 Å². The number of likely N-dealkylation sites (tertiary alicyclic amines) is 1. The molecule has 3 aliphatic rings. The molecule has 32 heavy (non-hydrogen) atoms. The van der Waals surface area contributed by atoms with E-state index in [0.717, 1.165) is 19.6 Å². The van der Waals surface area contributed by atoms with Crippen LogP contribution in [-0.2, 0) is 14.8 Å². The Morgan fingerprint density at radius 1 is 1.00 bits per heavy atom. The van der Waals surface area contributed by atoms with Crippen LogP contribution in [0.1, 0.15) is 23.2 Å². The summed E-state index contributed by atoms with van der Waals surface area (Å²) < 4.78 is 38.2. The van der Waals surface area contributed by atoms with Gasteiger partial charge in [-0.05, 0) is 18.2 Å². The zero-order chi connectivity index (χ0) is 22.6. The van der Waals surface area contributed by atoms with E-state index in [1.807, 2.05) is 4.90 Å². The number of nitrogens with one attached hydrogen (secondary N) is 2. The maximum Gasteiger partial charge on any atom is 0.258 e. The number of sulfonamides is 1. The number of carbonyl (C=O) groups is 1. The zero-order valence-corrected chi connectivity index (χ0v) is 19.8. The highest BCUT2D eigenvalue weighted by atomic mass is 32.2. The van der Waals surface area contributed by atoms with Crippen LogP contribution in [0.25, 0.3) is 0 Å². The standard InChI is InChI=1S/C22H34N4O5S/c1-30-21-5-4-19(32(28,29)26-14-16-31-17-15-26)18-20(21)22(27)25-12-10-24(11-13-25)9-8-23-6-2-3-7-23/h4-5,18H,2-3,6-17H2,1H3/p+2. The highest BCUT2D eigenvalue weighted by molar-refractivity contribution is 7.89. The predicted molar refractivity (Wildman–Crippen MR) is 119 cm³/mol. The van der Waals surface area contributed by atoms with Crippen molar-refractivity contribution in [2.24, 2.45) is 0 Å². The fourth-order valence-electron chi connectivity index (χ4n) is 4.88. The molecule has 1 aromatic rings. The van der Waals surface area contributed by atoms with Gasteiger partial charge in [0.25, 0.3) is 5.91 Å². The lowest BCUT2D eigenvalue weighted by molar-refractivity contribution is -0.954. The van der Waals surface area contributed by atoms with Crippen LogP contribution >= 0.6 is 0 Å². The van der Waals surface area contributed by atoms with Crippen molar-refractivity contribution in [3.05, 3.63) is 23.8 Å². The van der Waals surface area contributed by atoms with Crippen molar-refractivity contribution < 1.29 is 32.5 Å². The quantitative estimate of drug-likeness (QED) is 0.472. The molecule has 0 spiro atoms. The van der Waals surface area contributed by atoms with Gasteiger partial charge in [-0.25, -0.2) is 8.42 Å². The summed E-state index contributed by atoms with van der Waals surface area (Å²) in [4.78, 5) is 18.5. The molecular formula is C22H36N4O5S+2. The van der Waals surface area contributed by atoms with E-state index >= 15 is 0 Å². The second-order valence-corrected chi connectivity index (χ2v) is 10.8. The summed E-state index contributed by atoms with van der Waals surface area (Å²) >= 11 is 0. The Kier molecular flexibility index (Phi) is 7.67. The summed E-state index contributed by atoms with van der Waals surface area (Å²) in [5, 5.41) is 0. The fraction of sp³-hybridized carbons (Fsp3) is 0.682. The molecule has 3 heterocycles. The minimum atomic E-state index is -3.68. The van der Waals surface area contributed by atoms with Crippen LogP contribution in [0.2, 0.25) is 0 Å². The smallest absolute Gasteiger partial charge is 0.258 e. The first-order valence-corrected chi connectivity index (χ1v) is 13.2. The lowest BCUT2D eigenvalue weighted by Gasteiger charge is -2.33. The van der Waals surface area contributed by atoms with E-state index in [2.05, 4.69) is 0 Å². The van der Waals surface area contributed by atoms with Gasteiger partial charge in [-0.2, -0.15) is 4.31 Å². The second-order valence-electron chi connectivity index (χ2n) is 8.88. The van der Waals surface area contributed by atoms with Gasteiger partial charge >= 0.3 is 0 Å². The number of nitrogens with zero attached hydrogens (tertiary/aromatic N) is 2. The van der Waals surface area contributed by atoms with Crippen LogP contribution in [0.4, 0.5) is 0 Å². The first-order chi connectivity index (χ1) is 15.5. The van der Waals surface area contributed by atoms with Crippen molar-refractivity contribution in [1.82, 2.24) is 9.21 Å². The van der Waals surface area contributed by atoms with Crippen molar-refractivity contribution in [3.8, 4) is 5.75 Å².